The minimum Gasteiger partial charge on any atom is -0.296 e. The molecule has 2 heterocycles. The van der Waals surface area contributed by atoms with Crippen LogP contribution in [0.1, 0.15) is 37.8 Å². The van der Waals surface area contributed by atoms with Crippen LogP contribution >= 0.6 is 0 Å². The zero-order chi connectivity index (χ0) is 18.7. The van der Waals surface area contributed by atoms with Gasteiger partial charge in [0.25, 0.3) is 0 Å². The first-order valence-electron chi connectivity index (χ1n) is 9.14. The van der Waals surface area contributed by atoms with E-state index in [0.29, 0.717) is 25.1 Å². The zero-order valence-corrected chi connectivity index (χ0v) is 15.4. The summed E-state index contributed by atoms with van der Waals surface area (Å²) in [6, 6.07) is 7.25. The van der Waals surface area contributed by atoms with Crippen LogP contribution in [0.4, 0.5) is 8.78 Å². The third-order valence-electron chi connectivity index (χ3n) is 5.51. The lowest BCUT2D eigenvalue weighted by Gasteiger charge is -2.41. The van der Waals surface area contributed by atoms with E-state index in [1.165, 1.54) is 6.07 Å². The summed E-state index contributed by atoms with van der Waals surface area (Å²) in [5, 5.41) is 13.3. The summed E-state index contributed by atoms with van der Waals surface area (Å²) >= 11 is 0. The van der Waals surface area contributed by atoms with Crippen molar-refractivity contribution < 1.29 is 13.5 Å². The van der Waals surface area contributed by atoms with Gasteiger partial charge < -0.3 is 0 Å². The van der Waals surface area contributed by atoms with Gasteiger partial charge >= 0.3 is 0 Å². The first-order valence-corrected chi connectivity index (χ1v) is 9.14. The second kappa shape index (κ2) is 7.63. The molecule has 1 aromatic carbocycles. The van der Waals surface area contributed by atoms with Crippen LogP contribution in [-0.2, 0) is 6.54 Å². The number of hydrogen-bond donors (Lipinski definition) is 0. The van der Waals surface area contributed by atoms with Crippen molar-refractivity contribution in [2.24, 2.45) is 10.5 Å². The topological polar surface area (TPSA) is 42.4 Å². The standard InChI is InChI=1S/C20H25F2N4/c1-3-26-10-6-18(24-26)15-4-5-16(17(21)12-15)13-25-11-8-20(2,7-9-23)19(22)14-25/h4-6,12,19H,3,7-8,10-11,13-14H2,1-2H3/q+1. The Balaban J connectivity index is 1.67. The van der Waals surface area contributed by atoms with E-state index in [1.54, 1.807) is 6.07 Å². The molecule has 26 heavy (non-hydrogen) atoms. The summed E-state index contributed by atoms with van der Waals surface area (Å²) in [6.07, 6.45) is 1.76. The number of halogens is 2. The molecule has 6 heteroatoms. The van der Waals surface area contributed by atoms with E-state index in [2.05, 4.69) is 11.2 Å². The third kappa shape index (κ3) is 3.83. The summed E-state index contributed by atoms with van der Waals surface area (Å²) in [7, 11) is 0. The predicted molar refractivity (Wildman–Crippen MR) is 95.6 cm³/mol. The molecule has 0 radical (unpaired) electrons. The monoisotopic (exact) mass is 359 g/mol. The number of likely N-dealkylation sites (N-methyl/N-ethyl adjacent to an activating group) is 1. The molecule has 0 aliphatic carbocycles. The quantitative estimate of drug-likeness (QED) is 0.742. The van der Waals surface area contributed by atoms with Gasteiger partial charge in [0.15, 0.2) is 13.1 Å². The van der Waals surface area contributed by atoms with E-state index < -0.39 is 11.6 Å². The van der Waals surface area contributed by atoms with Crippen LogP contribution < -0.4 is 0 Å². The highest BCUT2D eigenvalue weighted by atomic mass is 19.1. The smallest absolute Gasteiger partial charge is 0.189 e. The molecule has 0 bridgehead atoms. The maximum atomic E-state index is 14.6. The molecule has 1 fully saturated rings. The normalized spacial score (nSPS) is 26.3. The van der Waals surface area contributed by atoms with E-state index in [-0.39, 0.29) is 18.8 Å². The lowest BCUT2D eigenvalue weighted by molar-refractivity contribution is -0.571. The van der Waals surface area contributed by atoms with Crippen molar-refractivity contribution in [3.63, 3.8) is 0 Å². The van der Waals surface area contributed by atoms with Crippen molar-refractivity contribution >= 4 is 5.70 Å². The summed E-state index contributed by atoms with van der Waals surface area (Å²) in [5.74, 6) is -0.283. The molecule has 1 aromatic rings. The summed E-state index contributed by atoms with van der Waals surface area (Å²) in [4.78, 5) is 1.93. The number of nitrogens with zero attached hydrogens (tertiary/aromatic N) is 4. The van der Waals surface area contributed by atoms with E-state index in [0.717, 1.165) is 24.4 Å². The molecular weight excluding hydrogens is 334 g/mol. The van der Waals surface area contributed by atoms with Crippen LogP contribution in [0.5, 0.6) is 0 Å². The van der Waals surface area contributed by atoms with Gasteiger partial charge in [0.2, 0.25) is 0 Å². The summed E-state index contributed by atoms with van der Waals surface area (Å²) in [6.45, 7) is 6.73. The van der Waals surface area contributed by atoms with Crippen molar-refractivity contribution in [3.05, 3.63) is 41.2 Å². The van der Waals surface area contributed by atoms with Crippen molar-refractivity contribution in [2.75, 3.05) is 26.2 Å². The van der Waals surface area contributed by atoms with Gasteiger partial charge in [-0.05, 0) is 31.1 Å². The highest BCUT2D eigenvalue weighted by molar-refractivity contribution is 5.64. The number of benzene rings is 1. The fourth-order valence-electron chi connectivity index (χ4n) is 3.51. The Morgan fingerprint density at radius 3 is 2.88 bits per heavy atom. The lowest BCUT2D eigenvalue weighted by Crippen LogP contribution is -2.47. The van der Waals surface area contributed by atoms with Gasteiger partial charge in [0.1, 0.15) is 17.7 Å². The molecule has 0 amide bonds. The molecule has 0 N–H and O–H groups in total. The number of azo groups is 2. The van der Waals surface area contributed by atoms with Crippen LogP contribution in [0, 0.1) is 22.6 Å². The highest BCUT2D eigenvalue weighted by Gasteiger charge is 2.39. The Labute approximate surface area is 153 Å². The summed E-state index contributed by atoms with van der Waals surface area (Å²) in [5.41, 5.74) is 1.54. The summed E-state index contributed by atoms with van der Waals surface area (Å²) < 4.78 is 31.0. The van der Waals surface area contributed by atoms with Crippen LogP contribution in [0.15, 0.2) is 29.4 Å². The molecular formula is C20H25F2N4+. The average Bonchev–Trinajstić information content (AvgIpc) is 3.10. The molecule has 2 aliphatic rings. The number of rotatable bonds is 5. The third-order valence-corrected chi connectivity index (χ3v) is 5.51. The van der Waals surface area contributed by atoms with Gasteiger partial charge in [-0.25, -0.2) is 8.78 Å². The molecule has 2 aliphatic heterocycles. The second-order valence-corrected chi connectivity index (χ2v) is 7.44. The molecule has 0 saturated carbocycles. The maximum Gasteiger partial charge on any atom is 0.189 e. The largest absolute Gasteiger partial charge is 0.296 e. The Morgan fingerprint density at radius 1 is 1.46 bits per heavy atom. The second-order valence-electron chi connectivity index (χ2n) is 7.44. The maximum absolute atomic E-state index is 14.6. The number of alkyl halides is 1. The van der Waals surface area contributed by atoms with Crippen molar-refractivity contribution in [1.82, 2.24) is 4.90 Å². The molecule has 4 nitrogen and oxygen atoms in total. The van der Waals surface area contributed by atoms with Crippen molar-refractivity contribution in [2.45, 2.75) is 39.4 Å². The fourth-order valence-corrected chi connectivity index (χ4v) is 3.51. The van der Waals surface area contributed by atoms with Gasteiger partial charge in [-0.15, -0.1) is 4.70 Å². The van der Waals surface area contributed by atoms with Crippen LogP contribution in [0.2, 0.25) is 0 Å². The van der Waals surface area contributed by atoms with E-state index in [1.807, 2.05) is 35.6 Å². The van der Waals surface area contributed by atoms with Crippen molar-refractivity contribution in [3.8, 4) is 6.07 Å². The van der Waals surface area contributed by atoms with Gasteiger partial charge in [0, 0.05) is 42.1 Å². The van der Waals surface area contributed by atoms with Crippen LogP contribution in [0.25, 0.3) is 5.70 Å². The van der Waals surface area contributed by atoms with Crippen LogP contribution in [-0.4, -0.2) is 41.9 Å². The van der Waals surface area contributed by atoms with Crippen molar-refractivity contribution in [1.29, 1.82) is 5.26 Å². The molecule has 2 atom stereocenters. The minimum absolute atomic E-state index is 0.221. The predicted octanol–water partition coefficient (Wildman–Crippen LogP) is 4.13. The van der Waals surface area contributed by atoms with E-state index in [9.17, 15) is 8.78 Å². The van der Waals surface area contributed by atoms with Gasteiger partial charge in [-0.3, -0.25) is 4.90 Å². The highest BCUT2D eigenvalue weighted by Crippen LogP contribution is 2.37. The Morgan fingerprint density at radius 2 is 2.27 bits per heavy atom. The SMILES string of the molecule is CC[N+]1=NC(c2ccc(CN3CCC(C)(CC#N)C(F)C3)c(F)c2)=CC1. The first kappa shape index (κ1) is 18.7. The Hall–Kier alpha value is -2.13. The van der Waals surface area contributed by atoms with Gasteiger partial charge in [-0.2, -0.15) is 5.26 Å². The molecule has 1 saturated heterocycles. The minimum atomic E-state index is -1.07. The molecule has 2 unspecified atom stereocenters. The Bertz CT molecular complexity index is 781. The first-order chi connectivity index (χ1) is 12.4. The van der Waals surface area contributed by atoms with Gasteiger partial charge in [0.05, 0.1) is 6.07 Å². The molecule has 3 rings (SSSR count). The molecule has 0 aromatic heterocycles. The lowest BCUT2D eigenvalue weighted by atomic mass is 9.76. The number of nitriles is 1. The van der Waals surface area contributed by atoms with Crippen LogP contribution in [0.3, 0.4) is 0 Å². The van der Waals surface area contributed by atoms with E-state index >= 15 is 0 Å². The molecule has 0 spiro atoms. The molecule has 138 valence electrons. The van der Waals surface area contributed by atoms with E-state index in [4.69, 9.17) is 5.26 Å². The Kier molecular flexibility index (Phi) is 5.47. The number of piperidine rings is 1. The zero-order valence-electron chi connectivity index (χ0n) is 15.4. The number of hydrogen-bond acceptors (Lipinski definition) is 3. The average molecular weight is 359 g/mol. The van der Waals surface area contributed by atoms with Gasteiger partial charge in [-0.1, -0.05) is 19.1 Å². The fraction of sp³-hybridized carbons (Fsp3) is 0.550. The number of likely N-dealkylation sites (tertiary alicyclic amines) is 1.